The van der Waals surface area contributed by atoms with Gasteiger partial charge < -0.3 is 16.0 Å². The zero-order chi connectivity index (χ0) is 17.6. The lowest BCUT2D eigenvalue weighted by molar-refractivity contribution is -0.134. The van der Waals surface area contributed by atoms with Gasteiger partial charge in [-0.25, -0.2) is 0 Å². The molecule has 0 unspecified atom stereocenters. The average molecular weight is 327 g/mol. The normalized spacial score (nSPS) is 17.0. The van der Waals surface area contributed by atoms with Crippen LogP contribution in [-0.4, -0.2) is 91.0 Å². The van der Waals surface area contributed by atoms with Crippen molar-refractivity contribution in [2.45, 2.75) is 39.3 Å². The van der Waals surface area contributed by atoms with E-state index in [0.717, 1.165) is 26.2 Å². The third-order valence-electron chi connectivity index (χ3n) is 4.17. The Morgan fingerprint density at radius 3 is 2.26 bits per heavy atom. The van der Waals surface area contributed by atoms with Crippen LogP contribution < -0.4 is 11.1 Å². The maximum atomic E-state index is 12.3. The molecular weight excluding hydrogens is 294 g/mol. The van der Waals surface area contributed by atoms with Gasteiger partial charge in [0.05, 0.1) is 12.1 Å². The van der Waals surface area contributed by atoms with E-state index >= 15 is 0 Å². The van der Waals surface area contributed by atoms with Crippen LogP contribution in [0, 0.1) is 0 Å². The Kier molecular flexibility index (Phi) is 7.44. The Balaban J connectivity index is 2.25. The molecule has 1 heterocycles. The van der Waals surface area contributed by atoms with Crippen LogP contribution in [0.15, 0.2) is 0 Å². The Labute approximate surface area is 140 Å². The van der Waals surface area contributed by atoms with E-state index in [9.17, 15) is 9.59 Å². The van der Waals surface area contributed by atoms with E-state index in [2.05, 4.69) is 24.1 Å². The van der Waals surface area contributed by atoms with E-state index in [0.29, 0.717) is 25.7 Å². The largest absolute Gasteiger partial charge is 0.353 e. The summed E-state index contributed by atoms with van der Waals surface area (Å²) < 4.78 is 0. The number of carbonyl (C=O) groups is 2. The van der Waals surface area contributed by atoms with Crippen LogP contribution in [0.25, 0.3) is 0 Å². The van der Waals surface area contributed by atoms with Crippen molar-refractivity contribution in [2.75, 3.05) is 52.9 Å². The molecule has 1 aliphatic heterocycles. The number of likely N-dealkylation sites (N-methyl/N-ethyl adjacent to an activating group) is 1. The smallest absolute Gasteiger partial charge is 0.239 e. The fourth-order valence-corrected chi connectivity index (χ4v) is 2.49. The number of nitrogens with two attached hydrogens (primary N) is 1. The minimum absolute atomic E-state index is 0.154. The summed E-state index contributed by atoms with van der Waals surface area (Å²) in [6, 6.07) is 0.533. The summed E-state index contributed by atoms with van der Waals surface area (Å²) in [5, 5.41) is 2.79. The number of hydrogen-bond donors (Lipinski definition) is 2. The molecule has 7 nitrogen and oxygen atoms in total. The molecule has 7 heteroatoms. The minimum atomic E-state index is -0.871. The van der Waals surface area contributed by atoms with E-state index < -0.39 is 5.54 Å². The number of nitrogens with one attached hydrogen (secondary N) is 1. The van der Waals surface area contributed by atoms with Crippen molar-refractivity contribution in [1.29, 1.82) is 0 Å². The summed E-state index contributed by atoms with van der Waals surface area (Å²) in [6.07, 6.45) is 0. The predicted molar refractivity (Wildman–Crippen MR) is 92.1 cm³/mol. The quantitative estimate of drug-likeness (QED) is 0.648. The van der Waals surface area contributed by atoms with Gasteiger partial charge in [-0.3, -0.25) is 19.4 Å². The molecule has 0 spiro atoms. The molecule has 23 heavy (non-hydrogen) atoms. The van der Waals surface area contributed by atoms with Gasteiger partial charge in [0, 0.05) is 45.3 Å². The SMILES string of the molecule is CC(C)N1CCN(C(=O)CN(C)CCNC(=O)C(C)(C)N)CC1. The highest BCUT2D eigenvalue weighted by Gasteiger charge is 2.23. The third-order valence-corrected chi connectivity index (χ3v) is 4.17. The van der Waals surface area contributed by atoms with Gasteiger partial charge in [0.25, 0.3) is 0 Å². The second-order valence-corrected chi connectivity index (χ2v) is 7.23. The summed E-state index contributed by atoms with van der Waals surface area (Å²) in [7, 11) is 1.89. The molecule has 0 aromatic rings. The standard InChI is InChI=1S/C16H33N5O2/c1-13(2)20-8-10-21(11-9-20)14(22)12-19(5)7-6-18-15(23)16(3,4)17/h13H,6-12,17H2,1-5H3,(H,18,23). The highest BCUT2D eigenvalue weighted by molar-refractivity contribution is 5.85. The first-order valence-electron chi connectivity index (χ1n) is 8.39. The van der Waals surface area contributed by atoms with Crippen LogP contribution in [0.3, 0.4) is 0 Å². The van der Waals surface area contributed by atoms with Gasteiger partial charge >= 0.3 is 0 Å². The average Bonchev–Trinajstić information content (AvgIpc) is 2.46. The lowest BCUT2D eigenvalue weighted by Crippen LogP contribution is -2.53. The van der Waals surface area contributed by atoms with E-state index in [1.54, 1.807) is 13.8 Å². The zero-order valence-electron chi connectivity index (χ0n) is 15.3. The van der Waals surface area contributed by atoms with Gasteiger partial charge in [0.2, 0.25) is 11.8 Å². The van der Waals surface area contributed by atoms with E-state index in [4.69, 9.17) is 5.73 Å². The molecule has 1 aliphatic rings. The van der Waals surface area contributed by atoms with Crippen molar-refractivity contribution in [1.82, 2.24) is 20.0 Å². The van der Waals surface area contributed by atoms with Gasteiger partial charge in [-0.2, -0.15) is 0 Å². The predicted octanol–water partition coefficient (Wildman–Crippen LogP) is -0.676. The van der Waals surface area contributed by atoms with Crippen LogP contribution in [0.2, 0.25) is 0 Å². The molecule has 3 N–H and O–H groups in total. The third kappa shape index (κ3) is 6.85. The second kappa shape index (κ2) is 8.61. The molecular formula is C16H33N5O2. The van der Waals surface area contributed by atoms with E-state index in [-0.39, 0.29) is 11.8 Å². The molecule has 0 saturated carbocycles. The molecule has 0 aromatic heterocycles. The Morgan fingerprint density at radius 1 is 1.22 bits per heavy atom. The fourth-order valence-electron chi connectivity index (χ4n) is 2.49. The number of piperazine rings is 1. The molecule has 0 radical (unpaired) electrons. The lowest BCUT2D eigenvalue weighted by atomic mass is 10.1. The molecule has 0 aliphatic carbocycles. The Hall–Kier alpha value is -1.18. The highest BCUT2D eigenvalue weighted by atomic mass is 16.2. The summed E-state index contributed by atoms with van der Waals surface area (Å²) in [5.74, 6) is -0.0246. The molecule has 134 valence electrons. The van der Waals surface area contributed by atoms with Crippen LogP contribution in [0.5, 0.6) is 0 Å². The minimum Gasteiger partial charge on any atom is -0.353 e. The molecule has 0 bridgehead atoms. The molecule has 1 rings (SSSR count). The van der Waals surface area contributed by atoms with Crippen LogP contribution in [-0.2, 0) is 9.59 Å². The van der Waals surface area contributed by atoms with Crippen LogP contribution >= 0.6 is 0 Å². The van der Waals surface area contributed by atoms with E-state index in [1.165, 1.54) is 0 Å². The van der Waals surface area contributed by atoms with Gasteiger partial charge in [0.1, 0.15) is 0 Å². The van der Waals surface area contributed by atoms with Crippen molar-refractivity contribution in [3.05, 3.63) is 0 Å². The highest BCUT2D eigenvalue weighted by Crippen LogP contribution is 2.06. The number of rotatable bonds is 7. The Bertz CT molecular complexity index is 398. The maximum absolute atomic E-state index is 12.3. The first-order chi connectivity index (χ1) is 10.6. The van der Waals surface area contributed by atoms with Crippen molar-refractivity contribution in [3.63, 3.8) is 0 Å². The van der Waals surface area contributed by atoms with E-state index in [1.807, 2.05) is 16.8 Å². The number of nitrogens with zero attached hydrogens (tertiary/aromatic N) is 3. The molecule has 0 aromatic carbocycles. The summed E-state index contributed by atoms with van der Waals surface area (Å²) in [5.41, 5.74) is 4.85. The summed E-state index contributed by atoms with van der Waals surface area (Å²) in [6.45, 7) is 12.7. The first-order valence-corrected chi connectivity index (χ1v) is 8.39. The van der Waals surface area contributed by atoms with Gasteiger partial charge in [-0.1, -0.05) is 0 Å². The molecule has 2 amide bonds. The van der Waals surface area contributed by atoms with Gasteiger partial charge in [0.15, 0.2) is 0 Å². The molecule has 1 saturated heterocycles. The monoisotopic (exact) mass is 327 g/mol. The number of hydrogen-bond acceptors (Lipinski definition) is 5. The fraction of sp³-hybridized carbons (Fsp3) is 0.875. The van der Waals surface area contributed by atoms with Crippen molar-refractivity contribution >= 4 is 11.8 Å². The topological polar surface area (TPSA) is 81.9 Å². The molecule has 1 fully saturated rings. The summed E-state index contributed by atoms with van der Waals surface area (Å²) in [4.78, 5) is 30.2. The maximum Gasteiger partial charge on any atom is 0.239 e. The van der Waals surface area contributed by atoms with Crippen LogP contribution in [0.4, 0.5) is 0 Å². The zero-order valence-corrected chi connectivity index (χ0v) is 15.3. The van der Waals surface area contributed by atoms with Crippen molar-refractivity contribution in [3.8, 4) is 0 Å². The van der Waals surface area contributed by atoms with Crippen LogP contribution in [0.1, 0.15) is 27.7 Å². The summed E-state index contributed by atoms with van der Waals surface area (Å²) >= 11 is 0. The molecule has 0 atom stereocenters. The Morgan fingerprint density at radius 2 is 1.78 bits per heavy atom. The lowest BCUT2D eigenvalue weighted by Gasteiger charge is -2.37. The van der Waals surface area contributed by atoms with Crippen molar-refractivity contribution < 1.29 is 9.59 Å². The van der Waals surface area contributed by atoms with Gasteiger partial charge in [-0.05, 0) is 34.7 Å². The number of amides is 2. The second-order valence-electron chi connectivity index (χ2n) is 7.23. The number of carbonyl (C=O) groups excluding carboxylic acids is 2. The van der Waals surface area contributed by atoms with Crippen molar-refractivity contribution in [2.24, 2.45) is 5.73 Å². The van der Waals surface area contributed by atoms with Gasteiger partial charge in [-0.15, -0.1) is 0 Å². The first kappa shape index (κ1) is 19.9.